The summed E-state index contributed by atoms with van der Waals surface area (Å²) in [6, 6.07) is 8.35. The molecule has 1 heterocycles. The van der Waals surface area contributed by atoms with Crippen molar-refractivity contribution in [3.8, 4) is 0 Å². The number of ether oxygens (including phenoxy) is 3. The quantitative estimate of drug-likeness (QED) is 0.462. The Balaban J connectivity index is 2.11. The van der Waals surface area contributed by atoms with Gasteiger partial charge in [-0.15, -0.1) is 10.1 Å². The van der Waals surface area contributed by atoms with Crippen LogP contribution in [0.15, 0.2) is 30.3 Å². The number of rotatable bonds is 5. The molecule has 1 fully saturated rings. The van der Waals surface area contributed by atoms with Gasteiger partial charge in [-0.05, 0) is 19.1 Å². The molecule has 0 aromatic heterocycles. The Kier molecular flexibility index (Phi) is 5.29. The summed E-state index contributed by atoms with van der Waals surface area (Å²) in [7, 11) is 1.43. The number of esters is 1. The first-order valence-electron chi connectivity index (χ1n) is 6.76. The third kappa shape index (κ3) is 3.92. The first-order chi connectivity index (χ1) is 10.5. The molecule has 0 saturated carbocycles. The van der Waals surface area contributed by atoms with Crippen LogP contribution in [0.2, 0.25) is 0 Å². The number of carbonyl (C=O) groups excluding carboxylic acids is 1. The lowest BCUT2D eigenvalue weighted by Gasteiger charge is -2.37. The molecule has 1 aliphatic heterocycles. The Morgan fingerprint density at radius 2 is 2.05 bits per heavy atom. The summed E-state index contributed by atoms with van der Waals surface area (Å²) >= 11 is 0. The minimum atomic E-state index is -0.948. The van der Waals surface area contributed by atoms with E-state index in [-0.39, 0.29) is 6.42 Å². The molecule has 0 aliphatic carbocycles. The third-order valence-electron chi connectivity index (χ3n) is 3.36. The smallest absolute Gasteiger partial charge is 0.338 e. The zero-order chi connectivity index (χ0) is 16.1. The topological polar surface area (TPSA) is 97.1 Å². The van der Waals surface area contributed by atoms with Gasteiger partial charge in [0.05, 0.1) is 11.7 Å². The molecule has 4 atom stereocenters. The van der Waals surface area contributed by atoms with Crippen LogP contribution in [0.5, 0.6) is 0 Å². The molecule has 22 heavy (non-hydrogen) atoms. The number of hydrogen-bond acceptors (Lipinski definition) is 7. The largest absolute Gasteiger partial charge is 0.454 e. The van der Waals surface area contributed by atoms with Crippen LogP contribution in [0.3, 0.4) is 0 Å². The van der Waals surface area contributed by atoms with E-state index in [4.69, 9.17) is 14.2 Å². The van der Waals surface area contributed by atoms with E-state index in [0.717, 1.165) is 0 Å². The summed E-state index contributed by atoms with van der Waals surface area (Å²) < 4.78 is 15.9. The third-order valence-corrected chi connectivity index (χ3v) is 3.36. The van der Waals surface area contributed by atoms with Crippen molar-refractivity contribution in [3.05, 3.63) is 46.0 Å². The van der Waals surface area contributed by atoms with Crippen molar-refractivity contribution in [2.45, 2.75) is 37.9 Å². The Labute approximate surface area is 127 Å². The highest BCUT2D eigenvalue weighted by molar-refractivity contribution is 5.89. The molecule has 0 N–H and O–H groups in total. The predicted octanol–water partition coefficient (Wildman–Crippen LogP) is 1.57. The molecule has 0 amide bonds. The standard InChI is InChI=1S/C14H17NO7/c1-9-13(21-14(16)10-6-4-3-5-7-10)11(22-15(17)18)8-12(19-2)20-9/h3-7,9,11-13H,8H2,1-2H3/t9-,11+,12+,13+/m1/s1. The molecule has 1 aromatic rings. The molecule has 8 heteroatoms. The van der Waals surface area contributed by atoms with E-state index in [1.54, 1.807) is 37.3 Å². The summed E-state index contributed by atoms with van der Waals surface area (Å²) in [6.45, 7) is 1.64. The Morgan fingerprint density at radius 1 is 1.36 bits per heavy atom. The highest BCUT2D eigenvalue weighted by Crippen LogP contribution is 2.26. The van der Waals surface area contributed by atoms with Crippen LogP contribution in [-0.4, -0.2) is 42.8 Å². The van der Waals surface area contributed by atoms with E-state index in [9.17, 15) is 14.9 Å². The summed E-state index contributed by atoms with van der Waals surface area (Å²) in [5, 5.41) is 9.73. The molecular formula is C14H17NO7. The van der Waals surface area contributed by atoms with Gasteiger partial charge in [-0.25, -0.2) is 4.79 Å². The molecule has 1 aliphatic rings. The minimum absolute atomic E-state index is 0.0918. The van der Waals surface area contributed by atoms with E-state index in [0.29, 0.717) is 5.56 Å². The maximum Gasteiger partial charge on any atom is 0.338 e. The normalized spacial score (nSPS) is 27.9. The number of hydrogen-bond donors (Lipinski definition) is 0. The number of nitrogens with zero attached hydrogens (tertiary/aromatic N) is 1. The van der Waals surface area contributed by atoms with Crippen molar-refractivity contribution < 1.29 is 28.9 Å². The van der Waals surface area contributed by atoms with Crippen molar-refractivity contribution in [3.63, 3.8) is 0 Å². The van der Waals surface area contributed by atoms with Gasteiger partial charge in [0.15, 0.2) is 18.5 Å². The fraction of sp³-hybridized carbons (Fsp3) is 0.500. The molecule has 2 rings (SSSR count). The number of carbonyl (C=O) groups is 1. The minimum Gasteiger partial charge on any atom is -0.454 e. The molecule has 120 valence electrons. The molecule has 8 nitrogen and oxygen atoms in total. The van der Waals surface area contributed by atoms with E-state index in [2.05, 4.69) is 4.84 Å². The average Bonchev–Trinajstić information content (AvgIpc) is 2.50. The van der Waals surface area contributed by atoms with E-state index >= 15 is 0 Å². The first-order valence-corrected chi connectivity index (χ1v) is 6.76. The SMILES string of the molecule is CO[C@@H]1C[C@H](O[N+](=O)[O-])[C@@H](OC(=O)c2ccccc2)[C@@H](C)O1. The fourth-order valence-corrected chi connectivity index (χ4v) is 2.30. The van der Waals surface area contributed by atoms with E-state index < -0.39 is 35.7 Å². The van der Waals surface area contributed by atoms with Crippen LogP contribution in [0.25, 0.3) is 0 Å². The second-order valence-corrected chi connectivity index (χ2v) is 4.85. The zero-order valence-corrected chi connectivity index (χ0v) is 12.2. The van der Waals surface area contributed by atoms with Crippen molar-refractivity contribution in [1.29, 1.82) is 0 Å². The van der Waals surface area contributed by atoms with Crippen LogP contribution in [0.4, 0.5) is 0 Å². The number of benzene rings is 1. The molecule has 1 saturated heterocycles. The second-order valence-electron chi connectivity index (χ2n) is 4.85. The summed E-state index contributed by atoms with van der Waals surface area (Å²) in [6.07, 6.45) is -3.00. The Hall–Kier alpha value is -2.19. The van der Waals surface area contributed by atoms with Crippen molar-refractivity contribution in [1.82, 2.24) is 0 Å². The maximum absolute atomic E-state index is 12.1. The van der Waals surface area contributed by atoms with Crippen LogP contribution in [-0.2, 0) is 19.0 Å². The Bertz CT molecular complexity index is 521. The van der Waals surface area contributed by atoms with Gasteiger partial charge in [0.2, 0.25) is 0 Å². The summed E-state index contributed by atoms with van der Waals surface area (Å²) in [5.74, 6) is -0.589. The van der Waals surface area contributed by atoms with Gasteiger partial charge in [0.1, 0.15) is 0 Å². The average molecular weight is 311 g/mol. The van der Waals surface area contributed by atoms with Gasteiger partial charge in [-0.1, -0.05) is 18.2 Å². The van der Waals surface area contributed by atoms with Gasteiger partial charge >= 0.3 is 5.97 Å². The van der Waals surface area contributed by atoms with Crippen molar-refractivity contribution in [2.24, 2.45) is 0 Å². The highest BCUT2D eigenvalue weighted by atomic mass is 17.0. The van der Waals surface area contributed by atoms with Gasteiger partial charge in [0, 0.05) is 13.5 Å². The van der Waals surface area contributed by atoms with Crippen molar-refractivity contribution >= 4 is 5.97 Å². The molecule has 0 unspecified atom stereocenters. The molecule has 0 bridgehead atoms. The lowest BCUT2D eigenvalue weighted by molar-refractivity contribution is -0.772. The maximum atomic E-state index is 12.1. The van der Waals surface area contributed by atoms with Crippen LogP contribution >= 0.6 is 0 Å². The summed E-state index contributed by atoms with van der Waals surface area (Å²) in [4.78, 5) is 27.4. The second kappa shape index (κ2) is 7.19. The van der Waals surface area contributed by atoms with Gasteiger partial charge in [-0.2, -0.15) is 0 Å². The lowest BCUT2D eigenvalue weighted by atomic mass is 10.0. The number of methoxy groups -OCH3 is 1. The van der Waals surface area contributed by atoms with Crippen molar-refractivity contribution in [2.75, 3.05) is 7.11 Å². The van der Waals surface area contributed by atoms with Gasteiger partial charge in [-0.3, -0.25) is 0 Å². The van der Waals surface area contributed by atoms with Gasteiger partial charge < -0.3 is 19.0 Å². The molecule has 0 radical (unpaired) electrons. The van der Waals surface area contributed by atoms with Crippen LogP contribution in [0.1, 0.15) is 23.7 Å². The molecule has 1 aromatic carbocycles. The Morgan fingerprint density at radius 3 is 2.64 bits per heavy atom. The van der Waals surface area contributed by atoms with E-state index in [1.165, 1.54) is 7.11 Å². The van der Waals surface area contributed by atoms with E-state index in [1.807, 2.05) is 0 Å². The first kappa shape index (κ1) is 16.2. The fourth-order valence-electron chi connectivity index (χ4n) is 2.30. The highest BCUT2D eigenvalue weighted by Gasteiger charge is 2.41. The molecular weight excluding hydrogens is 294 g/mol. The predicted molar refractivity (Wildman–Crippen MR) is 73.5 cm³/mol. The monoisotopic (exact) mass is 311 g/mol. The van der Waals surface area contributed by atoms with Gasteiger partial charge in [0.25, 0.3) is 5.09 Å². The van der Waals surface area contributed by atoms with Crippen LogP contribution < -0.4 is 0 Å². The summed E-state index contributed by atoms with van der Waals surface area (Å²) in [5.41, 5.74) is 0.350. The molecule has 0 spiro atoms. The van der Waals surface area contributed by atoms with Crippen LogP contribution in [0, 0.1) is 10.1 Å². The lowest BCUT2D eigenvalue weighted by Crippen LogP contribution is -2.51. The zero-order valence-electron chi connectivity index (χ0n) is 12.2.